The van der Waals surface area contributed by atoms with E-state index < -0.39 is 6.09 Å². The van der Waals surface area contributed by atoms with Crippen LogP contribution in [-0.2, 0) is 22.6 Å². The summed E-state index contributed by atoms with van der Waals surface area (Å²) in [7, 11) is 4.40. The molecule has 1 aliphatic rings. The van der Waals surface area contributed by atoms with Crippen LogP contribution in [-0.4, -0.2) is 54.9 Å². The molecule has 2 amide bonds. The van der Waals surface area contributed by atoms with Gasteiger partial charge in [-0.25, -0.2) is 4.79 Å². The molecule has 1 saturated heterocycles. The minimum atomic E-state index is -0.448. The Labute approximate surface area is 241 Å². The number of aryl methyl sites for hydroxylation is 1. The zero-order valence-electron chi connectivity index (χ0n) is 23.7. The van der Waals surface area contributed by atoms with Crippen molar-refractivity contribution < 1.29 is 23.9 Å². The quantitative estimate of drug-likeness (QED) is 0.222. The van der Waals surface area contributed by atoms with Crippen molar-refractivity contribution in [1.29, 1.82) is 0 Å². The average Bonchev–Trinajstić information content (AvgIpc) is 2.97. The van der Waals surface area contributed by atoms with Gasteiger partial charge in [-0.3, -0.25) is 10.1 Å². The number of anilines is 2. The first kappa shape index (κ1) is 28.3. The van der Waals surface area contributed by atoms with Crippen LogP contribution in [0.25, 0.3) is 21.9 Å². The van der Waals surface area contributed by atoms with Gasteiger partial charge in [-0.15, -0.1) is 0 Å². The molecule has 0 radical (unpaired) electrons. The number of aliphatic hydroxyl groups excluding tert-OH is 1. The summed E-state index contributed by atoms with van der Waals surface area (Å²) < 4.78 is 6.74. The fourth-order valence-corrected chi connectivity index (χ4v) is 5.32. The van der Waals surface area contributed by atoms with Crippen LogP contribution in [0.4, 0.5) is 16.2 Å². The van der Waals surface area contributed by atoms with E-state index in [1.54, 1.807) is 0 Å². The minimum absolute atomic E-state index is 0.00237. The maximum atomic E-state index is 12.9. The van der Waals surface area contributed by atoms with Crippen molar-refractivity contribution in [3.63, 3.8) is 0 Å². The predicted octanol–water partition coefficient (Wildman–Crippen LogP) is 6.36. The molecule has 1 heterocycles. The highest BCUT2D eigenvalue weighted by Gasteiger charge is 2.28. The number of hydrogen-bond donors (Lipinski definition) is 3. The van der Waals surface area contributed by atoms with Crippen LogP contribution in [0, 0.1) is 0 Å². The molecule has 0 unspecified atom stereocenters. The van der Waals surface area contributed by atoms with Crippen LogP contribution >= 0.6 is 0 Å². The van der Waals surface area contributed by atoms with E-state index in [9.17, 15) is 14.7 Å². The normalized spacial score (nSPS) is 14.9. The molecular weight excluding hydrogens is 514 g/mol. The van der Waals surface area contributed by atoms with Gasteiger partial charge in [0.05, 0.1) is 39.5 Å². The molecule has 0 bridgehead atoms. The molecule has 0 atom stereocenters. The van der Waals surface area contributed by atoms with Crippen LogP contribution in [0.3, 0.4) is 0 Å². The summed E-state index contributed by atoms with van der Waals surface area (Å²) in [4.78, 5) is 25.7. The molecule has 1 aliphatic heterocycles. The smallest absolute Gasteiger partial charge is 0.411 e. The van der Waals surface area contributed by atoms with E-state index in [4.69, 9.17) is 4.74 Å². The molecule has 4 aromatic carbocycles. The van der Waals surface area contributed by atoms with Gasteiger partial charge in [0.2, 0.25) is 5.91 Å². The number of hydrogen-bond acceptors (Lipinski definition) is 4. The molecule has 0 aliphatic carbocycles. The number of benzene rings is 4. The number of rotatable bonds is 8. The Morgan fingerprint density at radius 3 is 2.32 bits per heavy atom. The molecule has 5 rings (SSSR count). The SMILES string of the molecule is C[N+]1(C)CCC(OC(=O)Nc2cc(CCC(=O)Nc3ccc4cc(CO)ccc4c3)ccc2-c2ccccc2)CC1. The van der Waals surface area contributed by atoms with Crippen molar-refractivity contribution in [2.75, 3.05) is 37.8 Å². The first-order chi connectivity index (χ1) is 19.8. The Balaban J connectivity index is 1.25. The van der Waals surface area contributed by atoms with Crippen LogP contribution in [0.2, 0.25) is 0 Å². The van der Waals surface area contributed by atoms with E-state index in [0.717, 1.165) is 69.1 Å². The summed E-state index contributed by atoms with van der Waals surface area (Å²) in [5.41, 5.74) is 5.09. The maximum Gasteiger partial charge on any atom is 0.411 e. The van der Waals surface area contributed by atoms with Crippen molar-refractivity contribution in [2.45, 2.75) is 38.4 Å². The lowest BCUT2D eigenvalue weighted by Gasteiger charge is -2.36. The minimum Gasteiger partial charge on any atom is -0.446 e. The highest BCUT2D eigenvalue weighted by Crippen LogP contribution is 2.30. The number of likely N-dealkylation sites (tertiary alicyclic amines) is 1. The predicted molar refractivity (Wildman–Crippen MR) is 164 cm³/mol. The van der Waals surface area contributed by atoms with Crippen LogP contribution in [0.1, 0.15) is 30.4 Å². The van der Waals surface area contributed by atoms with Crippen molar-refractivity contribution in [3.8, 4) is 11.1 Å². The van der Waals surface area contributed by atoms with Gasteiger partial charge in [0, 0.05) is 30.5 Å². The Morgan fingerprint density at radius 1 is 0.854 bits per heavy atom. The molecule has 0 aromatic heterocycles. The van der Waals surface area contributed by atoms with Gasteiger partial charge >= 0.3 is 6.09 Å². The molecule has 7 heteroatoms. The number of amides is 2. The summed E-state index contributed by atoms with van der Waals surface area (Å²) in [5.74, 6) is -0.0870. The van der Waals surface area contributed by atoms with E-state index in [1.807, 2.05) is 84.9 Å². The van der Waals surface area contributed by atoms with E-state index >= 15 is 0 Å². The average molecular weight is 553 g/mol. The third kappa shape index (κ3) is 7.51. The third-order valence-corrected chi connectivity index (χ3v) is 7.80. The Bertz CT molecular complexity index is 1520. The number of nitrogens with zero attached hydrogens (tertiary/aromatic N) is 1. The summed E-state index contributed by atoms with van der Waals surface area (Å²) in [6.45, 7) is 1.96. The van der Waals surface area contributed by atoms with Crippen LogP contribution in [0.15, 0.2) is 84.9 Å². The molecule has 1 fully saturated rings. The number of carbonyl (C=O) groups excluding carboxylic acids is 2. The van der Waals surface area contributed by atoms with Crippen molar-refractivity contribution in [1.82, 2.24) is 0 Å². The Morgan fingerprint density at radius 2 is 1.56 bits per heavy atom. The number of piperidine rings is 1. The number of nitrogens with one attached hydrogen (secondary N) is 2. The topological polar surface area (TPSA) is 87.7 Å². The van der Waals surface area contributed by atoms with E-state index in [-0.39, 0.29) is 18.6 Å². The van der Waals surface area contributed by atoms with Gasteiger partial charge in [0.1, 0.15) is 6.10 Å². The summed E-state index contributed by atoms with van der Waals surface area (Å²) in [6, 6.07) is 27.4. The van der Waals surface area contributed by atoms with Crippen LogP contribution < -0.4 is 10.6 Å². The monoisotopic (exact) mass is 552 g/mol. The second kappa shape index (κ2) is 12.5. The van der Waals surface area contributed by atoms with Crippen molar-refractivity contribution in [3.05, 3.63) is 96.1 Å². The Hall–Kier alpha value is -4.20. The molecule has 41 heavy (non-hydrogen) atoms. The third-order valence-electron chi connectivity index (χ3n) is 7.80. The second-order valence-electron chi connectivity index (χ2n) is 11.5. The number of ether oxygens (including phenoxy) is 1. The summed E-state index contributed by atoms with van der Waals surface area (Å²) >= 11 is 0. The zero-order valence-corrected chi connectivity index (χ0v) is 23.7. The Kier molecular flexibility index (Phi) is 8.67. The lowest BCUT2D eigenvalue weighted by molar-refractivity contribution is -0.896. The first-order valence-corrected chi connectivity index (χ1v) is 14.2. The lowest BCUT2D eigenvalue weighted by Crippen LogP contribution is -2.48. The molecule has 0 saturated carbocycles. The summed E-state index contributed by atoms with van der Waals surface area (Å²) in [6.07, 6.45) is 1.99. The van der Waals surface area contributed by atoms with E-state index in [0.29, 0.717) is 18.5 Å². The molecule has 0 spiro atoms. The second-order valence-corrected chi connectivity index (χ2v) is 11.5. The van der Waals surface area contributed by atoms with Gasteiger partial charge < -0.3 is 19.6 Å². The number of aliphatic hydroxyl groups is 1. The van der Waals surface area contributed by atoms with Crippen molar-refractivity contribution >= 4 is 34.1 Å². The van der Waals surface area contributed by atoms with E-state index in [1.165, 1.54) is 0 Å². The number of fused-ring (bicyclic) bond motifs is 1. The van der Waals surface area contributed by atoms with Crippen LogP contribution in [0.5, 0.6) is 0 Å². The van der Waals surface area contributed by atoms with Gasteiger partial charge in [0.15, 0.2) is 0 Å². The van der Waals surface area contributed by atoms with Crippen molar-refractivity contribution in [2.24, 2.45) is 0 Å². The highest BCUT2D eigenvalue weighted by molar-refractivity contribution is 5.95. The van der Waals surface area contributed by atoms with E-state index in [2.05, 4.69) is 24.7 Å². The molecule has 7 nitrogen and oxygen atoms in total. The molecule has 4 aromatic rings. The fraction of sp³-hybridized carbons (Fsp3) is 0.294. The molecule has 212 valence electrons. The molecular formula is C34H38N3O4+. The van der Waals surface area contributed by atoms with Gasteiger partial charge in [-0.2, -0.15) is 0 Å². The first-order valence-electron chi connectivity index (χ1n) is 14.2. The number of quaternary nitrogens is 1. The standard InChI is InChI=1S/C34H37N3O4/c1-37(2)18-16-30(17-19-37)41-34(40)36-32-21-24(9-14-31(32)26-6-4-3-5-7-26)10-15-33(39)35-29-13-12-27-20-25(23-38)8-11-28(27)22-29/h3-9,11-14,20-22,30,38H,10,15-19,23H2,1-2H3,(H-,35,36,39,40)/p+1. The van der Waals surface area contributed by atoms with Gasteiger partial charge in [0.25, 0.3) is 0 Å². The number of carbonyl (C=O) groups is 2. The largest absolute Gasteiger partial charge is 0.446 e. The summed E-state index contributed by atoms with van der Waals surface area (Å²) in [5, 5.41) is 17.3. The fourth-order valence-electron chi connectivity index (χ4n) is 5.32. The lowest BCUT2D eigenvalue weighted by atomic mass is 9.99. The van der Waals surface area contributed by atoms with Gasteiger partial charge in [-0.05, 0) is 58.1 Å². The highest BCUT2D eigenvalue weighted by atomic mass is 16.6. The van der Waals surface area contributed by atoms with Gasteiger partial charge in [-0.1, -0.05) is 60.7 Å². The maximum absolute atomic E-state index is 12.9. The zero-order chi connectivity index (χ0) is 28.8. The molecule has 3 N–H and O–H groups in total.